The van der Waals surface area contributed by atoms with Gasteiger partial charge in [0.05, 0.1) is 17.2 Å². The summed E-state index contributed by atoms with van der Waals surface area (Å²) in [6, 6.07) is 9.96. The van der Waals surface area contributed by atoms with Gasteiger partial charge in [0.15, 0.2) is 0 Å². The predicted molar refractivity (Wildman–Crippen MR) is 100 cm³/mol. The van der Waals surface area contributed by atoms with Crippen LogP contribution in [0.1, 0.15) is 24.6 Å². The van der Waals surface area contributed by atoms with E-state index in [1.807, 2.05) is 30.5 Å². The highest BCUT2D eigenvalue weighted by Crippen LogP contribution is 2.28. The number of aromatic nitrogens is 3. The van der Waals surface area contributed by atoms with E-state index < -0.39 is 0 Å². The minimum absolute atomic E-state index is 0. The first-order chi connectivity index (χ1) is 11.2. The van der Waals surface area contributed by atoms with Gasteiger partial charge >= 0.3 is 0 Å². The van der Waals surface area contributed by atoms with Gasteiger partial charge in [-0.05, 0) is 56.7 Å². The molecule has 0 atom stereocenters. The number of piperidine rings is 1. The monoisotopic (exact) mass is 343 g/mol. The van der Waals surface area contributed by atoms with Crippen LogP contribution in [0.5, 0.6) is 0 Å². The van der Waals surface area contributed by atoms with E-state index in [4.69, 9.17) is 10.7 Å². The molecule has 24 heavy (non-hydrogen) atoms. The lowest BCUT2D eigenvalue weighted by Crippen LogP contribution is -2.29. The van der Waals surface area contributed by atoms with E-state index >= 15 is 0 Å². The zero-order chi connectivity index (χ0) is 15.8. The SMILES string of the molecule is CN1CCC(c2ncc3[nH]c(-c4ccc(N)cc4)cc3n2)CC1.Cl. The maximum Gasteiger partial charge on any atom is 0.132 e. The molecule has 0 saturated carbocycles. The smallest absolute Gasteiger partial charge is 0.132 e. The average molecular weight is 344 g/mol. The van der Waals surface area contributed by atoms with E-state index in [1.165, 1.54) is 0 Å². The van der Waals surface area contributed by atoms with Gasteiger partial charge in [-0.3, -0.25) is 0 Å². The zero-order valence-corrected chi connectivity index (χ0v) is 14.5. The molecule has 0 bridgehead atoms. The second-order valence-electron chi connectivity index (χ2n) is 6.41. The molecule has 0 amide bonds. The standard InChI is InChI=1S/C18H21N5.ClH/c1-23-8-6-13(7-9-23)18-20-11-17-16(22-18)10-15(21-17)12-2-4-14(19)5-3-12;/h2-5,10-11,13,21H,6-9,19H2,1H3;1H. The number of nitrogen functional groups attached to an aromatic ring is 1. The van der Waals surface area contributed by atoms with Crippen molar-refractivity contribution in [2.45, 2.75) is 18.8 Å². The number of rotatable bonds is 2. The Balaban J connectivity index is 0.00000169. The van der Waals surface area contributed by atoms with Crippen molar-refractivity contribution >= 4 is 29.1 Å². The van der Waals surface area contributed by atoms with E-state index in [1.54, 1.807) is 0 Å². The number of hydrogen-bond donors (Lipinski definition) is 2. The average Bonchev–Trinajstić information content (AvgIpc) is 2.99. The van der Waals surface area contributed by atoms with Gasteiger partial charge in [-0.2, -0.15) is 0 Å². The number of fused-ring (bicyclic) bond motifs is 1. The highest BCUT2D eigenvalue weighted by molar-refractivity contribution is 5.85. The first-order valence-electron chi connectivity index (χ1n) is 8.09. The van der Waals surface area contributed by atoms with Gasteiger partial charge in [-0.15, -0.1) is 12.4 Å². The molecule has 1 aliphatic heterocycles. The highest BCUT2D eigenvalue weighted by Gasteiger charge is 2.21. The molecule has 126 valence electrons. The molecule has 6 heteroatoms. The van der Waals surface area contributed by atoms with Crippen molar-refractivity contribution in [2.24, 2.45) is 0 Å². The first kappa shape index (κ1) is 16.7. The van der Waals surface area contributed by atoms with Crippen LogP contribution in [0.3, 0.4) is 0 Å². The predicted octanol–water partition coefficient (Wildman–Crippen LogP) is 3.44. The Kier molecular flexibility index (Phi) is 4.73. The maximum absolute atomic E-state index is 5.76. The Labute approximate surface area is 147 Å². The molecule has 1 fully saturated rings. The summed E-state index contributed by atoms with van der Waals surface area (Å²) >= 11 is 0. The minimum Gasteiger partial charge on any atom is -0.399 e. The quantitative estimate of drug-likeness (QED) is 0.699. The summed E-state index contributed by atoms with van der Waals surface area (Å²) in [6.07, 6.45) is 4.19. The Hall–Kier alpha value is -2.11. The number of H-pyrrole nitrogens is 1. The van der Waals surface area contributed by atoms with Crippen molar-refractivity contribution in [1.29, 1.82) is 0 Å². The lowest BCUT2D eigenvalue weighted by molar-refractivity contribution is 0.251. The summed E-state index contributed by atoms with van der Waals surface area (Å²) < 4.78 is 0. The van der Waals surface area contributed by atoms with Crippen molar-refractivity contribution in [3.05, 3.63) is 42.4 Å². The second-order valence-corrected chi connectivity index (χ2v) is 6.41. The number of nitrogens with one attached hydrogen (secondary N) is 1. The van der Waals surface area contributed by atoms with Crippen molar-refractivity contribution in [3.63, 3.8) is 0 Å². The largest absolute Gasteiger partial charge is 0.399 e. The number of benzene rings is 1. The number of nitrogens with zero attached hydrogens (tertiary/aromatic N) is 3. The van der Waals surface area contributed by atoms with Gasteiger partial charge in [0.25, 0.3) is 0 Å². The van der Waals surface area contributed by atoms with Gasteiger partial charge in [-0.25, -0.2) is 9.97 Å². The third-order valence-electron chi connectivity index (χ3n) is 4.69. The molecule has 3 aromatic rings. The third kappa shape index (κ3) is 3.23. The number of hydrogen-bond acceptors (Lipinski definition) is 4. The van der Waals surface area contributed by atoms with Crippen LogP contribution < -0.4 is 5.73 Å². The number of aromatic amines is 1. The molecule has 0 radical (unpaired) electrons. The lowest BCUT2D eigenvalue weighted by atomic mass is 9.96. The number of nitrogens with two attached hydrogens (primary N) is 1. The van der Waals surface area contributed by atoms with E-state index in [0.717, 1.165) is 59.7 Å². The van der Waals surface area contributed by atoms with Crippen LogP contribution in [0.15, 0.2) is 36.5 Å². The summed E-state index contributed by atoms with van der Waals surface area (Å²) in [4.78, 5) is 15.2. The number of likely N-dealkylation sites (tertiary alicyclic amines) is 1. The fourth-order valence-corrected chi connectivity index (χ4v) is 3.22. The minimum atomic E-state index is 0. The van der Waals surface area contributed by atoms with E-state index in [9.17, 15) is 0 Å². The van der Waals surface area contributed by atoms with Crippen molar-refractivity contribution in [3.8, 4) is 11.3 Å². The molecule has 1 aromatic carbocycles. The van der Waals surface area contributed by atoms with Crippen LogP contribution in [0.4, 0.5) is 5.69 Å². The van der Waals surface area contributed by atoms with Gasteiger partial charge in [0.1, 0.15) is 5.82 Å². The van der Waals surface area contributed by atoms with Crippen molar-refractivity contribution < 1.29 is 0 Å². The molecular formula is C18H22ClN5. The van der Waals surface area contributed by atoms with E-state index in [-0.39, 0.29) is 12.4 Å². The van der Waals surface area contributed by atoms with E-state index in [2.05, 4.69) is 28.0 Å². The van der Waals surface area contributed by atoms with Crippen LogP contribution in [0, 0.1) is 0 Å². The number of anilines is 1. The molecule has 3 N–H and O–H groups in total. The molecule has 1 saturated heterocycles. The summed E-state index contributed by atoms with van der Waals surface area (Å²) in [6.45, 7) is 2.24. The molecule has 0 spiro atoms. The summed E-state index contributed by atoms with van der Waals surface area (Å²) in [5.74, 6) is 1.46. The molecule has 0 aliphatic carbocycles. The number of halogens is 1. The fourth-order valence-electron chi connectivity index (χ4n) is 3.22. The molecule has 1 aliphatic rings. The van der Waals surface area contributed by atoms with Gasteiger partial charge in [0.2, 0.25) is 0 Å². The Morgan fingerprint density at radius 1 is 1.17 bits per heavy atom. The normalized spacial score (nSPS) is 16.2. The zero-order valence-electron chi connectivity index (χ0n) is 13.7. The van der Waals surface area contributed by atoms with Crippen LogP contribution in [0.25, 0.3) is 22.3 Å². The summed E-state index contributed by atoms with van der Waals surface area (Å²) in [5, 5.41) is 0. The van der Waals surface area contributed by atoms with Crippen molar-refractivity contribution in [2.75, 3.05) is 25.9 Å². The topological polar surface area (TPSA) is 70.8 Å². The summed E-state index contributed by atoms with van der Waals surface area (Å²) in [7, 11) is 2.17. The van der Waals surface area contributed by atoms with Crippen LogP contribution in [0.2, 0.25) is 0 Å². The van der Waals surface area contributed by atoms with Gasteiger partial charge < -0.3 is 15.6 Å². The molecule has 2 aromatic heterocycles. The maximum atomic E-state index is 5.76. The van der Waals surface area contributed by atoms with Gasteiger partial charge in [0, 0.05) is 17.3 Å². The third-order valence-corrected chi connectivity index (χ3v) is 4.69. The van der Waals surface area contributed by atoms with Crippen LogP contribution in [-0.2, 0) is 0 Å². The summed E-state index contributed by atoms with van der Waals surface area (Å²) in [5.41, 5.74) is 10.7. The van der Waals surface area contributed by atoms with Gasteiger partial charge in [-0.1, -0.05) is 12.1 Å². The molecule has 4 rings (SSSR count). The first-order valence-corrected chi connectivity index (χ1v) is 8.09. The fraction of sp³-hybridized carbons (Fsp3) is 0.333. The van der Waals surface area contributed by atoms with Crippen LogP contribution >= 0.6 is 12.4 Å². The second kappa shape index (κ2) is 6.79. The molecule has 0 unspecified atom stereocenters. The lowest BCUT2D eigenvalue weighted by Gasteiger charge is -2.27. The molecular weight excluding hydrogens is 322 g/mol. The van der Waals surface area contributed by atoms with Crippen LogP contribution in [-0.4, -0.2) is 40.0 Å². The highest BCUT2D eigenvalue weighted by atomic mass is 35.5. The Morgan fingerprint density at radius 2 is 1.88 bits per heavy atom. The van der Waals surface area contributed by atoms with E-state index in [0.29, 0.717) is 5.92 Å². The molecule has 5 nitrogen and oxygen atoms in total. The Morgan fingerprint density at radius 3 is 2.58 bits per heavy atom. The van der Waals surface area contributed by atoms with Crippen molar-refractivity contribution in [1.82, 2.24) is 19.9 Å². The Bertz CT molecular complexity index is 819. The molecule has 3 heterocycles.